The van der Waals surface area contributed by atoms with E-state index in [1.54, 1.807) is 0 Å². The maximum Gasteiger partial charge on any atom is 0.209 e. The van der Waals surface area contributed by atoms with E-state index in [2.05, 4.69) is 41.5 Å². The van der Waals surface area contributed by atoms with Crippen LogP contribution in [0.1, 0.15) is 80.1 Å². The van der Waals surface area contributed by atoms with Crippen molar-refractivity contribution in [2.75, 3.05) is 26.2 Å². The Morgan fingerprint density at radius 1 is 0.667 bits per heavy atom. The number of nitrogens with zero attached hydrogens (tertiary/aromatic N) is 2. The second-order valence-corrected chi connectivity index (χ2v) is 7.35. The first-order chi connectivity index (χ1) is 11.4. The van der Waals surface area contributed by atoms with E-state index in [0.29, 0.717) is 11.8 Å². The Morgan fingerprint density at radius 2 is 1.00 bits per heavy atom. The molecule has 0 aromatic carbocycles. The van der Waals surface area contributed by atoms with Gasteiger partial charge in [-0.1, -0.05) is 54.4 Å². The molecule has 0 radical (unpaired) electrons. The largest absolute Gasteiger partial charge is 0.345 e. The standard InChI is InChI=1S/C11H23NO.C9H19NO/c1-10(2)5-7-12(9-13)8-6-11(3)4;1-3-5-7-10(9-11)8-6-4-2/h9-11H,5-8H2,1-4H3;9H,3-8H2,1-2H3. The van der Waals surface area contributed by atoms with Crippen molar-refractivity contribution in [3.63, 3.8) is 0 Å². The van der Waals surface area contributed by atoms with Crippen LogP contribution in [0.3, 0.4) is 0 Å². The van der Waals surface area contributed by atoms with Gasteiger partial charge in [0.25, 0.3) is 0 Å². The number of hydrogen-bond donors (Lipinski definition) is 0. The minimum atomic E-state index is 0.682. The highest BCUT2D eigenvalue weighted by molar-refractivity contribution is 5.47. The second kappa shape index (κ2) is 18.3. The third-order valence-corrected chi connectivity index (χ3v) is 3.88. The fraction of sp³-hybridized carbons (Fsp3) is 0.900. The molecule has 0 unspecified atom stereocenters. The van der Waals surface area contributed by atoms with Crippen molar-refractivity contribution in [2.24, 2.45) is 11.8 Å². The molecule has 0 aromatic heterocycles. The molecule has 0 atom stereocenters. The van der Waals surface area contributed by atoms with Gasteiger partial charge >= 0.3 is 0 Å². The molecule has 0 aromatic rings. The lowest BCUT2D eigenvalue weighted by atomic mass is 10.1. The third kappa shape index (κ3) is 19.0. The van der Waals surface area contributed by atoms with Gasteiger partial charge in [0, 0.05) is 26.2 Å². The number of amides is 2. The minimum Gasteiger partial charge on any atom is -0.345 e. The number of unbranched alkanes of at least 4 members (excludes halogenated alkanes) is 2. The molecule has 24 heavy (non-hydrogen) atoms. The Bertz CT molecular complexity index is 261. The summed E-state index contributed by atoms with van der Waals surface area (Å²) in [7, 11) is 0. The maximum absolute atomic E-state index is 10.7. The first-order valence-corrected chi connectivity index (χ1v) is 9.79. The Morgan fingerprint density at radius 3 is 1.25 bits per heavy atom. The van der Waals surface area contributed by atoms with E-state index in [0.717, 1.165) is 77.5 Å². The highest BCUT2D eigenvalue weighted by Crippen LogP contribution is 2.04. The lowest BCUT2D eigenvalue weighted by molar-refractivity contribution is -0.119. The van der Waals surface area contributed by atoms with Gasteiger partial charge < -0.3 is 9.80 Å². The SMILES string of the molecule is CC(C)CCN(C=O)CCC(C)C.CCCCN(C=O)CCCC. The Kier molecular flexibility index (Phi) is 19.2. The first kappa shape index (κ1) is 25.2. The molecule has 0 aliphatic heterocycles. The molecule has 0 saturated carbocycles. The van der Waals surface area contributed by atoms with Crippen molar-refractivity contribution in [1.82, 2.24) is 9.80 Å². The molecule has 4 nitrogen and oxygen atoms in total. The van der Waals surface area contributed by atoms with Gasteiger partial charge in [0.2, 0.25) is 12.8 Å². The Hall–Kier alpha value is -1.06. The van der Waals surface area contributed by atoms with Gasteiger partial charge in [-0.25, -0.2) is 0 Å². The molecular formula is C20H42N2O2. The van der Waals surface area contributed by atoms with Gasteiger partial charge in [0.05, 0.1) is 0 Å². The molecule has 0 spiro atoms. The monoisotopic (exact) mass is 342 g/mol. The molecule has 144 valence electrons. The van der Waals surface area contributed by atoms with Crippen LogP contribution in [0.5, 0.6) is 0 Å². The van der Waals surface area contributed by atoms with Crippen molar-refractivity contribution in [1.29, 1.82) is 0 Å². The summed E-state index contributed by atoms with van der Waals surface area (Å²) in [5, 5.41) is 0. The second-order valence-electron chi connectivity index (χ2n) is 7.35. The van der Waals surface area contributed by atoms with Crippen LogP contribution in [-0.2, 0) is 9.59 Å². The van der Waals surface area contributed by atoms with Gasteiger partial charge in [-0.2, -0.15) is 0 Å². The zero-order valence-corrected chi connectivity index (χ0v) is 17.1. The predicted octanol–water partition coefficient (Wildman–Crippen LogP) is 4.58. The molecule has 0 rings (SSSR count). The minimum absolute atomic E-state index is 0.682. The van der Waals surface area contributed by atoms with Crippen molar-refractivity contribution in [3.05, 3.63) is 0 Å². The number of hydrogen-bond acceptors (Lipinski definition) is 2. The first-order valence-electron chi connectivity index (χ1n) is 9.79. The van der Waals surface area contributed by atoms with E-state index in [9.17, 15) is 9.59 Å². The third-order valence-electron chi connectivity index (χ3n) is 3.88. The average molecular weight is 343 g/mol. The molecule has 4 heteroatoms. The van der Waals surface area contributed by atoms with E-state index in [-0.39, 0.29) is 0 Å². The molecule has 0 fully saturated rings. The van der Waals surface area contributed by atoms with Crippen molar-refractivity contribution in [3.8, 4) is 0 Å². The van der Waals surface area contributed by atoms with Gasteiger partial charge in [0.15, 0.2) is 0 Å². The van der Waals surface area contributed by atoms with E-state index < -0.39 is 0 Å². The molecule has 0 heterocycles. The summed E-state index contributed by atoms with van der Waals surface area (Å²) in [6.45, 7) is 16.7. The zero-order chi connectivity index (χ0) is 18.8. The summed E-state index contributed by atoms with van der Waals surface area (Å²) in [6.07, 6.45) is 8.74. The average Bonchev–Trinajstić information content (AvgIpc) is 2.55. The van der Waals surface area contributed by atoms with Crippen LogP contribution < -0.4 is 0 Å². The lowest BCUT2D eigenvalue weighted by Gasteiger charge is -2.19. The van der Waals surface area contributed by atoms with Gasteiger partial charge in [0.1, 0.15) is 0 Å². The van der Waals surface area contributed by atoms with Gasteiger partial charge in [-0.05, 0) is 37.5 Å². The zero-order valence-electron chi connectivity index (χ0n) is 17.1. The number of rotatable bonds is 14. The molecule has 2 amide bonds. The lowest BCUT2D eigenvalue weighted by Crippen LogP contribution is -2.26. The van der Waals surface area contributed by atoms with Crippen LogP contribution in [0.4, 0.5) is 0 Å². The highest BCUT2D eigenvalue weighted by Gasteiger charge is 2.04. The Labute approximate surface area is 151 Å². The molecule has 0 aliphatic rings. The molecule has 0 aliphatic carbocycles. The van der Waals surface area contributed by atoms with E-state index in [1.807, 2.05) is 9.80 Å². The quantitative estimate of drug-likeness (QED) is 0.433. The van der Waals surface area contributed by atoms with E-state index in [4.69, 9.17) is 0 Å². The molecule has 0 bridgehead atoms. The van der Waals surface area contributed by atoms with Crippen LogP contribution in [0.15, 0.2) is 0 Å². The van der Waals surface area contributed by atoms with E-state index in [1.165, 1.54) is 0 Å². The van der Waals surface area contributed by atoms with Crippen LogP contribution in [-0.4, -0.2) is 48.8 Å². The normalized spacial score (nSPS) is 10.3. The van der Waals surface area contributed by atoms with Crippen LogP contribution in [0.25, 0.3) is 0 Å². The summed E-state index contributed by atoms with van der Waals surface area (Å²) in [5.74, 6) is 1.36. The summed E-state index contributed by atoms with van der Waals surface area (Å²) in [4.78, 5) is 24.9. The summed E-state index contributed by atoms with van der Waals surface area (Å²) >= 11 is 0. The van der Waals surface area contributed by atoms with Crippen molar-refractivity contribution < 1.29 is 9.59 Å². The topological polar surface area (TPSA) is 40.6 Å². The van der Waals surface area contributed by atoms with Crippen LogP contribution in [0, 0.1) is 11.8 Å². The summed E-state index contributed by atoms with van der Waals surface area (Å²) in [6, 6.07) is 0. The van der Waals surface area contributed by atoms with Gasteiger partial charge in [-0.15, -0.1) is 0 Å². The highest BCUT2D eigenvalue weighted by atomic mass is 16.1. The maximum atomic E-state index is 10.7. The molecular weight excluding hydrogens is 300 g/mol. The van der Waals surface area contributed by atoms with Gasteiger partial charge in [-0.3, -0.25) is 9.59 Å². The molecule has 0 saturated heterocycles. The summed E-state index contributed by atoms with van der Waals surface area (Å²) < 4.78 is 0. The number of carbonyl (C=O) groups excluding carboxylic acids is 2. The molecule has 0 N–H and O–H groups in total. The van der Waals surface area contributed by atoms with Crippen molar-refractivity contribution in [2.45, 2.75) is 80.1 Å². The summed E-state index contributed by atoms with van der Waals surface area (Å²) in [5.41, 5.74) is 0. The van der Waals surface area contributed by atoms with E-state index >= 15 is 0 Å². The Balaban J connectivity index is 0. The van der Waals surface area contributed by atoms with Crippen molar-refractivity contribution >= 4 is 12.8 Å². The fourth-order valence-electron chi connectivity index (χ4n) is 2.00. The van der Waals surface area contributed by atoms with Crippen LogP contribution in [0.2, 0.25) is 0 Å². The van der Waals surface area contributed by atoms with Crippen LogP contribution >= 0.6 is 0 Å². The predicted molar refractivity (Wildman–Crippen MR) is 104 cm³/mol. The fourth-order valence-corrected chi connectivity index (χ4v) is 2.00. The smallest absolute Gasteiger partial charge is 0.209 e. The number of carbonyl (C=O) groups is 2.